The second kappa shape index (κ2) is 8.14. The number of nitrogens with zero attached hydrogens (tertiary/aromatic N) is 3. The van der Waals surface area contributed by atoms with Crippen LogP contribution in [0.1, 0.15) is 26.3 Å². The maximum Gasteiger partial charge on any atom is 0.225 e. The van der Waals surface area contributed by atoms with Crippen molar-refractivity contribution in [1.29, 1.82) is 0 Å². The molecular formula is C14H26N4O2. The fraction of sp³-hybridized carbons (Fsp3) is 0.714. The van der Waals surface area contributed by atoms with E-state index in [1.807, 2.05) is 24.2 Å². The van der Waals surface area contributed by atoms with Gasteiger partial charge < -0.3 is 20.1 Å². The van der Waals surface area contributed by atoms with Gasteiger partial charge in [0.25, 0.3) is 0 Å². The summed E-state index contributed by atoms with van der Waals surface area (Å²) < 4.78 is 4.97. The molecule has 1 aromatic heterocycles. The van der Waals surface area contributed by atoms with Crippen LogP contribution in [0.15, 0.2) is 12.4 Å². The molecule has 0 saturated carbocycles. The van der Waals surface area contributed by atoms with Gasteiger partial charge in [-0.2, -0.15) is 0 Å². The standard InChI is InChI=1S/C14H26N4O2/c1-5-18(11-14(2,3)19)13-16-9-12(10-17-13)8-15-6-7-20-4/h9-10,15,19H,5-8,11H2,1-4H3. The van der Waals surface area contributed by atoms with E-state index >= 15 is 0 Å². The van der Waals surface area contributed by atoms with Gasteiger partial charge in [-0.1, -0.05) is 0 Å². The number of likely N-dealkylation sites (N-methyl/N-ethyl adjacent to an activating group) is 1. The average molecular weight is 282 g/mol. The number of anilines is 1. The lowest BCUT2D eigenvalue weighted by Gasteiger charge is -2.28. The van der Waals surface area contributed by atoms with Gasteiger partial charge in [0, 0.05) is 51.2 Å². The summed E-state index contributed by atoms with van der Waals surface area (Å²) in [5.74, 6) is 0.648. The number of hydrogen-bond donors (Lipinski definition) is 2. The van der Waals surface area contributed by atoms with Crippen LogP contribution in [0.4, 0.5) is 5.95 Å². The minimum Gasteiger partial charge on any atom is -0.389 e. The summed E-state index contributed by atoms with van der Waals surface area (Å²) in [5, 5.41) is 13.1. The first-order valence-corrected chi connectivity index (χ1v) is 6.94. The molecule has 0 unspecified atom stereocenters. The number of hydrogen-bond acceptors (Lipinski definition) is 6. The lowest BCUT2D eigenvalue weighted by Crippen LogP contribution is -2.39. The maximum absolute atomic E-state index is 9.88. The smallest absolute Gasteiger partial charge is 0.225 e. The highest BCUT2D eigenvalue weighted by molar-refractivity contribution is 5.30. The van der Waals surface area contributed by atoms with Crippen LogP contribution in [-0.4, -0.2) is 54.0 Å². The summed E-state index contributed by atoms with van der Waals surface area (Å²) in [6.07, 6.45) is 3.63. The Labute approximate surface area is 121 Å². The Kier molecular flexibility index (Phi) is 6.84. The first-order valence-electron chi connectivity index (χ1n) is 6.94. The van der Waals surface area contributed by atoms with E-state index in [1.54, 1.807) is 21.0 Å². The quantitative estimate of drug-likeness (QED) is 0.653. The molecule has 0 aliphatic rings. The van der Waals surface area contributed by atoms with Gasteiger partial charge in [0.2, 0.25) is 5.95 Å². The lowest BCUT2D eigenvalue weighted by atomic mass is 10.1. The van der Waals surface area contributed by atoms with Crippen molar-refractivity contribution >= 4 is 5.95 Å². The molecule has 1 rings (SSSR count). The Bertz CT molecular complexity index is 376. The fourth-order valence-electron chi connectivity index (χ4n) is 1.80. The molecule has 0 atom stereocenters. The summed E-state index contributed by atoms with van der Waals surface area (Å²) in [5.41, 5.74) is 0.267. The Morgan fingerprint density at radius 2 is 2.00 bits per heavy atom. The van der Waals surface area contributed by atoms with Crippen LogP contribution in [0, 0.1) is 0 Å². The molecule has 1 aromatic rings. The average Bonchev–Trinajstić information content (AvgIpc) is 2.41. The third kappa shape index (κ3) is 6.27. The first-order chi connectivity index (χ1) is 9.46. The van der Waals surface area contributed by atoms with Crippen molar-refractivity contribution in [1.82, 2.24) is 15.3 Å². The molecule has 0 spiro atoms. The number of methoxy groups -OCH3 is 1. The van der Waals surface area contributed by atoms with Gasteiger partial charge in [-0.05, 0) is 20.8 Å². The van der Waals surface area contributed by atoms with Crippen LogP contribution in [0.5, 0.6) is 0 Å². The summed E-state index contributed by atoms with van der Waals surface area (Å²) in [7, 11) is 1.68. The highest BCUT2D eigenvalue weighted by Crippen LogP contribution is 2.12. The van der Waals surface area contributed by atoms with Gasteiger partial charge >= 0.3 is 0 Å². The van der Waals surface area contributed by atoms with Crippen molar-refractivity contribution in [2.24, 2.45) is 0 Å². The number of aromatic nitrogens is 2. The molecule has 0 aromatic carbocycles. The van der Waals surface area contributed by atoms with Gasteiger partial charge in [-0.25, -0.2) is 9.97 Å². The van der Waals surface area contributed by atoms with Crippen molar-refractivity contribution < 1.29 is 9.84 Å². The van der Waals surface area contributed by atoms with Crippen LogP contribution < -0.4 is 10.2 Å². The van der Waals surface area contributed by atoms with Gasteiger partial charge in [0.1, 0.15) is 0 Å². The number of aliphatic hydroxyl groups is 1. The minimum absolute atomic E-state index is 0.509. The Balaban J connectivity index is 2.55. The molecule has 0 aliphatic heterocycles. The molecule has 114 valence electrons. The first kappa shape index (κ1) is 16.8. The van der Waals surface area contributed by atoms with Gasteiger partial charge in [0.05, 0.1) is 12.2 Å². The summed E-state index contributed by atoms with van der Waals surface area (Å²) >= 11 is 0. The monoisotopic (exact) mass is 282 g/mol. The molecule has 0 aliphatic carbocycles. The van der Waals surface area contributed by atoms with Crippen LogP contribution >= 0.6 is 0 Å². The number of nitrogens with one attached hydrogen (secondary N) is 1. The second-order valence-electron chi connectivity index (χ2n) is 5.39. The molecule has 0 amide bonds. The molecule has 6 nitrogen and oxygen atoms in total. The fourth-order valence-corrected chi connectivity index (χ4v) is 1.80. The highest BCUT2D eigenvalue weighted by atomic mass is 16.5. The van der Waals surface area contributed by atoms with Gasteiger partial charge in [-0.15, -0.1) is 0 Å². The minimum atomic E-state index is -0.764. The van der Waals surface area contributed by atoms with Crippen molar-refractivity contribution in [3.05, 3.63) is 18.0 Å². The number of rotatable bonds is 9. The second-order valence-corrected chi connectivity index (χ2v) is 5.39. The molecule has 0 fully saturated rings. The van der Waals surface area contributed by atoms with Crippen LogP contribution in [0.25, 0.3) is 0 Å². The summed E-state index contributed by atoms with van der Waals surface area (Å²) in [6, 6.07) is 0. The molecule has 2 N–H and O–H groups in total. The largest absolute Gasteiger partial charge is 0.389 e. The van der Waals surface area contributed by atoms with Crippen LogP contribution in [-0.2, 0) is 11.3 Å². The molecule has 20 heavy (non-hydrogen) atoms. The third-order valence-electron chi connectivity index (χ3n) is 2.75. The normalized spacial score (nSPS) is 11.7. The van der Waals surface area contributed by atoms with Crippen molar-refractivity contribution in [2.45, 2.75) is 32.9 Å². The van der Waals surface area contributed by atoms with Gasteiger partial charge in [-0.3, -0.25) is 0 Å². The van der Waals surface area contributed by atoms with E-state index in [4.69, 9.17) is 4.74 Å². The Morgan fingerprint density at radius 1 is 1.35 bits per heavy atom. The van der Waals surface area contributed by atoms with E-state index in [0.717, 1.165) is 25.2 Å². The SMILES string of the molecule is CCN(CC(C)(C)O)c1ncc(CNCCOC)cn1. The Morgan fingerprint density at radius 3 is 2.50 bits per heavy atom. The molecule has 1 heterocycles. The van der Waals surface area contributed by atoms with E-state index < -0.39 is 5.60 Å². The predicted molar refractivity (Wildman–Crippen MR) is 79.8 cm³/mol. The van der Waals surface area contributed by atoms with E-state index in [-0.39, 0.29) is 0 Å². The van der Waals surface area contributed by atoms with Crippen molar-refractivity contribution in [3.63, 3.8) is 0 Å². The van der Waals surface area contributed by atoms with E-state index in [0.29, 0.717) is 19.1 Å². The van der Waals surface area contributed by atoms with E-state index in [2.05, 4.69) is 15.3 Å². The van der Waals surface area contributed by atoms with Gasteiger partial charge in [0.15, 0.2) is 0 Å². The maximum atomic E-state index is 9.88. The molecule has 0 radical (unpaired) electrons. The zero-order valence-electron chi connectivity index (χ0n) is 12.9. The molecule has 0 bridgehead atoms. The molecule has 6 heteroatoms. The zero-order valence-corrected chi connectivity index (χ0v) is 12.9. The summed E-state index contributed by atoms with van der Waals surface area (Å²) in [4.78, 5) is 10.7. The summed E-state index contributed by atoms with van der Waals surface area (Å²) in [6.45, 7) is 9.07. The Hall–Kier alpha value is -1.24. The molecular weight excluding hydrogens is 256 g/mol. The van der Waals surface area contributed by atoms with Crippen LogP contribution in [0.2, 0.25) is 0 Å². The third-order valence-corrected chi connectivity index (χ3v) is 2.75. The predicted octanol–water partition coefficient (Wildman–Crippen LogP) is 0.810. The van der Waals surface area contributed by atoms with E-state index in [9.17, 15) is 5.11 Å². The van der Waals surface area contributed by atoms with Crippen LogP contribution in [0.3, 0.4) is 0 Å². The topological polar surface area (TPSA) is 70.5 Å². The zero-order chi connectivity index (χ0) is 15.0. The molecule has 0 saturated heterocycles. The highest BCUT2D eigenvalue weighted by Gasteiger charge is 2.19. The van der Waals surface area contributed by atoms with Crippen molar-refractivity contribution in [3.8, 4) is 0 Å². The lowest BCUT2D eigenvalue weighted by molar-refractivity contribution is 0.0872. The van der Waals surface area contributed by atoms with E-state index in [1.165, 1.54) is 0 Å². The van der Waals surface area contributed by atoms with Crippen molar-refractivity contribution in [2.75, 3.05) is 38.3 Å². The number of ether oxygens (including phenoxy) is 1.